The Morgan fingerprint density at radius 3 is 2.77 bits per heavy atom. The number of carbonyl (C=O) groups excluding carboxylic acids is 1. The van der Waals surface area contributed by atoms with Gasteiger partial charge in [-0.1, -0.05) is 36.0 Å². The van der Waals surface area contributed by atoms with Crippen LogP contribution in [0.25, 0.3) is 0 Å². The minimum absolute atomic E-state index is 0.0530. The van der Waals surface area contributed by atoms with Crippen molar-refractivity contribution >= 4 is 23.5 Å². The van der Waals surface area contributed by atoms with Crippen molar-refractivity contribution in [2.45, 2.75) is 23.2 Å². The summed E-state index contributed by atoms with van der Waals surface area (Å²) in [6.45, 7) is 0. The summed E-state index contributed by atoms with van der Waals surface area (Å²) >= 11 is 1.21. The van der Waals surface area contributed by atoms with Gasteiger partial charge in [-0.25, -0.2) is 4.39 Å². The Bertz CT molecular complexity index is 1230. The predicted molar refractivity (Wildman–Crippen MR) is 115 cm³/mol. The van der Waals surface area contributed by atoms with Crippen molar-refractivity contribution in [3.8, 4) is 11.5 Å². The number of rotatable bonds is 5. The lowest BCUT2D eigenvalue weighted by Gasteiger charge is -2.27. The van der Waals surface area contributed by atoms with Crippen LogP contribution in [0.1, 0.15) is 29.0 Å². The molecule has 1 amide bonds. The van der Waals surface area contributed by atoms with E-state index in [0.29, 0.717) is 33.4 Å². The van der Waals surface area contributed by atoms with Crippen LogP contribution < -0.4 is 15.6 Å². The van der Waals surface area contributed by atoms with E-state index in [1.54, 1.807) is 41.9 Å². The van der Waals surface area contributed by atoms with Crippen LogP contribution in [0.5, 0.6) is 11.5 Å². The average molecular weight is 441 g/mol. The van der Waals surface area contributed by atoms with Gasteiger partial charge in [0.2, 0.25) is 5.91 Å². The Morgan fingerprint density at radius 2 is 2.06 bits per heavy atom. The number of aromatic hydroxyl groups is 1. The van der Waals surface area contributed by atoms with Gasteiger partial charge < -0.3 is 19.7 Å². The van der Waals surface area contributed by atoms with Crippen molar-refractivity contribution in [3.05, 3.63) is 75.3 Å². The second-order valence-corrected chi connectivity index (χ2v) is 8.08. The normalized spacial score (nSPS) is 15.3. The Kier molecular flexibility index (Phi) is 5.69. The van der Waals surface area contributed by atoms with Crippen LogP contribution in [-0.2, 0) is 17.6 Å². The first-order valence-electron chi connectivity index (χ1n) is 9.53. The Balaban J connectivity index is 1.73. The summed E-state index contributed by atoms with van der Waals surface area (Å²) in [6, 6.07) is 11.2. The summed E-state index contributed by atoms with van der Waals surface area (Å²) in [5.41, 5.74) is 0.987. The zero-order valence-corrected chi connectivity index (χ0v) is 17.7. The number of carbonyl (C=O) groups is 1. The van der Waals surface area contributed by atoms with Crippen molar-refractivity contribution in [1.82, 2.24) is 9.55 Å². The van der Waals surface area contributed by atoms with Crippen molar-refractivity contribution in [3.63, 3.8) is 0 Å². The van der Waals surface area contributed by atoms with Crippen LogP contribution >= 0.6 is 11.8 Å². The quantitative estimate of drug-likeness (QED) is 0.466. The standard InChI is InChI=1S/C22H20FN3O4S/c1-26-20-19(21(29)25-22(26)31-11-13-5-3-4-6-15(13)23)14(10-18(28)24-20)12-7-8-17(30-2)16(27)9-12/h3-9,14,27H,10-11H2,1-2H3,(H,24,28)/t14-/m1/s1. The molecule has 0 saturated heterocycles. The van der Waals surface area contributed by atoms with Gasteiger partial charge in [0.15, 0.2) is 16.7 Å². The molecule has 1 aliphatic heterocycles. The monoisotopic (exact) mass is 441 g/mol. The van der Waals surface area contributed by atoms with Gasteiger partial charge in [0.05, 0.1) is 12.7 Å². The van der Waals surface area contributed by atoms with E-state index in [1.807, 2.05) is 0 Å². The van der Waals surface area contributed by atoms with Gasteiger partial charge in [-0.2, -0.15) is 4.98 Å². The molecule has 1 aliphatic rings. The van der Waals surface area contributed by atoms with Crippen LogP contribution in [0, 0.1) is 5.82 Å². The molecule has 1 atom stereocenters. The number of aromatic nitrogens is 2. The molecule has 31 heavy (non-hydrogen) atoms. The lowest BCUT2D eigenvalue weighted by molar-refractivity contribution is -0.116. The first kappa shape index (κ1) is 20.9. The molecule has 4 rings (SSSR count). The maximum atomic E-state index is 13.9. The molecule has 9 heteroatoms. The third kappa shape index (κ3) is 4.00. The van der Waals surface area contributed by atoms with Crippen LogP contribution in [-0.4, -0.2) is 27.7 Å². The molecule has 1 aromatic heterocycles. The highest BCUT2D eigenvalue weighted by atomic mass is 32.2. The maximum absolute atomic E-state index is 13.9. The number of anilines is 1. The summed E-state index contributed by atoms with van der Waals surface area (Å²) in [6.07, 6.45) is 0.0530. The zero-order chi connectivity index (χ0) is 22.1. The summed E-state index contributed by atoms with van der Waals surface area (Å²) < 4.78 is 20.6. The van der Waals surface area contributed by atoms with E-state index < -0.39 is 11.5 Å². The van der Waals surface area contributed by atoms with Crippen LogP contribution in [0.2, 0.25) is 0 Å². The fourth-order valence-electron chi connectivity index (χ4n) is 3.63. The van der Waals surface area contributed by atoms with Crippen LogP contribution in [0.3, 0.4) is 0 Å². The number of ether oxygens (including phenoxy) is 1. The molecule has 0 fully saturated rings. The highest BCUT2D eigenvalue weighted by Gasteiger charge is 2.32. The molecule has 2 aromatic carbocycles. The summed E-state index contributed by atoms with van der Waals surface area (Å²) in [7, 11) is 3.14. The Labute approximate surface area is 181 Å². The molecule has 0 aliphatic carbocycles. The van der Waals surface area contributed by atoms with E-state index in [2.05, 4.69) is 10.3 Å². The van der Waals surface area contributed by atoms with Crippen molar-refractivity contribution in [1.29, 1.82) is 0 Å². The van der Waals surface area contributed by atoms with E-state index in [0.717, 1.165) is 0 Å². The minimum Gasteiger partial charge on any atom is -0.504 e. The van der Waals surface area contributed by atoms with E-state index in [9.17, 15) is 19.1 Å². The van der Waals surface area contributed by atoms with Gasteiger partial charge in [-0.05, 0) is 29.3 Å². The number of amides is 1. The predicted octanol–water partition coefficient (Wildman–Crippen LogP) is 3.40. The Hall–Kier alpha value is -3.33. The number of phenolic OH excluding ortho intramolecular Hbond substituents is 1. The summed E-state index contributed by atoms with van der Waals surface area (Å²) in [5, 5.41) is 13.3. The van der Waals surface area contributed by atoms with Crippen LogP contribution in [0.4, 0.5) is 10.2 Å². The van der Waals surface area contributed by atoms with Gasteiger partial charge >= 0.3 is 0 Å². The first-order valence-corrected chi connectivity index (χ1v) is 10.5. The maximum Gasteiger partial charge on any atom is 0.279 e. The molecule has 0 bridgehead atoms. The minimum atomic E-state index is -0.558. The average Bonchev–Trinajstić information content (AvgIpc) is 2.75. The second kappa shape index (κ2) is 8.43. The van der Waals surface area contributed by atoms with Gasteiger partial charge in [-0.3, -0.25) is 9.59 Å². The van der Waals surface area contributed by atoms with E-state index in [-0.39, 0.29) is 29.6 Å². The molecule has 3 aromatic rings. The number of nitrogens with zero attached hydrogens (tertiary/aromatic N) is 2. The topological polar surface area (TPSA) is 93.5 Å². The molecule has 0 spiro atoms. The van der Waals surface area contributed by atoms with Crippen molar-refractivity contribution in [2.75, 3.05) is 12.4 Å². The fraction of sp³-hybridized carbons (Fsp3) is 0.227. The second-order valence-electron chi connectivity index (χ2n) is 7.14. The van der Waals surface area contributed by atoms with Crippen molar-refractivity contribution in [2.24, 2.45) is 7.05 Å². The number of hydrogen-bond acceptors (Lipinski definition) is 6. The van der Waals surface area contributed by atoms with E-state index in [1.165, 1.54) is 31.0 Å². The molecule has 0 unspecified atom stereocenters. The first-order chi connectivity index (χ1) is 14.9. The number of hydrogen-bond donors (Lipinski definition) is 2. The SMILES string of the molecule is COc1ccc([C@H]2CC(=O)Nc3c2c(=O)nc(SCc2ccccc2F)n3C)cc1O. The highest BCUT2D eigenvalue weighted by Crippen LogP contribution is 2.39. The summed E-state index contributed by atoms with van der Waals surface area (Å²) in [4.78, 5) is 29.6. The molecular weight excluding hydrogens is 421 g/mol. The van der Waals surface area contributed by atoms with Crippen LogP contribution in [0.15, 0.2) is 52.4 Å². The zero-order valence-electron chi connectivity index (χ0n) is 16.9. The highest BCUT2D eigenvalue weighted by molar-refractivity contribution is 7.98. The number of nitrogens with one attached hydrogen (secondary N) is 1. The van der Waals surface area contributed by atoms with Gasteiger partial charge in [-0.15, -0.1) is 0 Å². The largest absolute Gasteiger partial charge is 0.504 e. The summed E-state index contributed by atoms with van der Waals surface area (Å²) in [5.74, 6) is -0.269. The molecule has 0 radical (unpaired) electrons. The molecule has 2 N–H and O–H groups in total. The number of phenols is 1. The Morgan fingerprint density at radius 1 is 1.29 bits per heavy atom. The molecule has 2 heterocycles. The number of halogens is 1. The van der Waals surface area contributed by atoms with E-state index >= 15 is 0 Å². The lowest BCUT2D eigenvalue weighted by Crippen LogP contribution is -2.33. The fourth-order valence-corrected chi connectivity index (χ4v) is 4.58. The smallest absolute Gasteiger partial charge is 0.279 e. The van der Waals surface area contributed by atoms with Gasteiger partial charge in [0, 0.05) is 25.1 Å². The number of fused-ring (bicyclic) bond motifs is 1. The van der Waals surface area contributed by atoms with E-state index in [4.69, 9.17) is 4.74 Å². The number of thioether (sulfide) groups is 1. The van der Waals surface area contributed by atoms with Gasteiger partial charge in [0.25, 0.3) is 5.56 Å². The molecular formula is C22H20FN3O4S. The molecule has 7 nitrogen and oxygen atoms in total. The lowest BCUT2D eigenvalue weighted by atomic mass is 9.86. The third-order valence-corrected chi connectivity index (χ3v) is 6.30. The van der Waals surface area contributed by atoms with Gasteiger partial charge in [0.1, 0.15) is 11.6 Å². The molecule has 160 valence electrons. The van der Waals surface area contributed by atoms with Crippen molar-refractivity contribution < 1.29 is 19.0 Å². The number of benzene rings is 2. The number of methoxy groups -OCH3 is 1. The molecule has 0 saturated carbocycles. The third-order valence-electron chi connectivity index (χ3n) is 5.22.